The van der Waals surface area contributed by atoms with Gasteiger partial charge in [-0.25, -0.2) is 22.4 Å². The van der Waals surface area contributed by atoms with E-state index in [1.165, 1.54) is 104 Å². The summed E-state index contributed by atoms with van der Waals surface area (Å²) in [4.78, 5) is 14.8. The van der Waals surface area contributed by atoms with Crippen molar-refractivity contribution in [1.29, 1.82) is 0 Å². The number of fused-ring (bicyclic) bond motifs is 10. The molecule has 6 heteroatoms. The van der Waals surface area contributed by atoms with Crippen LogP contribution < -0.4 is 0 Å². The Balaban J connectivity index is 0.000000158. The van der Waals surface area contributed by atoms with Gasteiger partial charge in [-0.1, -0.05) is 272 Å². The van der Waals surface area contributed by atoms with Gasteiger partial charge in [-0.3, -0.25) is 4.98 Å². The highest BCUT2D eigenvalue weighted by molar-refractivity contribution is 8.03. The Bertz CT molecular complexity index is 5320. The second-order valence-electron chi connectivity index (χ2n) is 22.3. The fourth-order valence-corrected chi connectivity index (χ4v) is 13.6. The van der Waals surface area contributed by atoms with E-state index >= 15 is 0 Å². The molecule has 0 spiro atoms. The van der Waals surface area contributed by atoms with Gasteiger partial charge in [-0.05, 0) is 171 Å². The highest BCUT2D eigenvalue weighted by atomic mass is 32.1. The first kappa shape index (κ1) is 59.7. The molecule has 0 saturated heterocycles. The van der Waals surface area contributed by atoms with Crippen molar-refractivity contribution in [1.82, 2.24) is 15.0 Å². The average molecular weight is 1200 g/mol. The van der Waals surface area contributed by atoms with E-state index in [1.54, 1.807) is 6.20 Å². The second-order valence-corrected chi connectivity index (χ2v) is 23.4. The van der Waals surface area contributed by atoms with E-state index in [9.17, 15) is 0 Å². The number of pyridine rings is 3. The predicted octanol–water partition coefficient (Wildman–Crippen LogP) is 24.0. The lowest BCUT2D eigenvalue weighted by atomic mass is 9.84. The van der Waals surface area contributed by atoms with Crippen LogP contribution in [0.25, 0.3) is 160 Å². The number of rotatable bonds is 9. The van der Waals surface area contributed by atoms with E-state index in [0.717, 1.165) is 81.4 Å². The van der Waals surface area contributed by atoms with Crippen molar-refractivity contribution in [2.24, 2.45) is 0 Å². The maximum atomic E-state index is 5.35. The van der Waals surface area contributed by atoms with Crippen molar-refractivity contribution in [3.63, 3.8) is 0 Å². The maximum absolute atomic E-state index is 5.35. The number of nitrogens with zero attached hydrogens (tertiary/aromatic N) is 3. The summed E-state index contributed by atoms with van der Waals surface area (Å²) in [6.45, 7) is 14.4. The number of allylic oxidation sites excluding steroid dienone is 6. The summed E-state index contributed by atoms with van der Waals surface area (Å²) >= 11 is 3.03. The summed E-state index contributed by atoms with van der Waals surface area (Å²) in [5.41, 5.74) is 19.1. The molecule has 1 atom stereocenters. The molecule has 3 nitrogen and oxygen atoms in total. The smallest absolute Gasteiger partial charge is 0.156 e. The van der Waals surface area contributed by atoms with Crippen molar-refractivity contribution in [2.75, 3.05) is 6.66 Å². The van der Waals surface area contributed by atoms with E-state index in [4.69, 9.17) is 9.97 Å². The van der Waals surface area contributed by atoms with Crippen LogP contribution in [0.1, 0.15) is 37.0 Å². The molecule has 0 bridgehead atoms. The molecule has 1 unspecified atom stereocenters. The molecule has 0 saturated carbocycles. The minimum atomic E-state index is 0.798. The lowest BCUT2D eigenvalue weighted by Gasteiger charge is -2.20. The standard InChI is InChI=1S/C42H33P.C41H25N3.C2H6.BHS/c1-4-28-18-20-34(24-29(28)5-2)41-37-16-10-11-17-38(37)42(35-21-19-30-12-6-7-13-31(30)25-35)40-27-33(22-23-39(40)41)32-14-8-9-15-36(26-32)43-3;1-3-12-32-26(8-1)17-20-34-39(35-21-18-27-9-2-4-13-33(27)41(35)44-40(32)34)31-11-7-10-29(24-31)30-16-15-28-19-22-37(43-38(28)25-30)36-14-5-6-23-42-36;2*1-2/h4-14,16-27,43H,1-2,15H2,3H3;1-25H;1-2H3;2H. The van der Waals surface area contributed by atoms with Gasteiger partial charge < -0.3 is 0 Å². The molecule has 2 radical (unpaired) electrons. The highest BCUT2D eigenvalue weighted by Gasteiger charge is 2.20. The summed E-state index contributed by atoms with van der Waals surface area (Å²) in [6.07, 6.45) is 15.8. The van der Waals surface area contributed by atoms with E-state index in [0.29, 0.717) is 0 Å². The van der Waals surface area contributed by atoms with Crippen LogP contribution in [0.4, 0.5) is 0 Å². The SMILES string of the molecule is C=Cc1ccc(-c2c3ccccc3c(-c3ccc4ccccc4c3)c3cc(C4=CC=CCC(PC)=C4)ccc23)cc1C=C.CC.[B]S.c1ccc(-c2ccc3ccc(-c4cccc(-c5c6ccc7ccccc7c6nc6c5ccc5ccccc56)c4)cc3n2)nc1. The molecular formula is C85H65BN3PS. The van der Waals surface area contributed by atoms with Gasteiger partial charge in [0.1, 0.15) is 0 Å². The van der Waals surface area contributed by atoms with Gasteiger partial charge in [0.2, 0.25) is 0 Å². The molecule has 1 aliphatic rings. The third-order valence-electron chi connectivity index (χ3n) is 17.3. The second kappa shape index (κ2) is 26.8. The minimum absolute atomic E-state index is 0.798. The van der Waals surface area contributed by atoms with Crippen LogP contribution in [0.5, 0.6) is 0 Å². The van der Waals surface area contributed by atoms with Crippen molar-refractivity contribution in [2.45, 2.75) is 20.3 Å². The van der Waals surface area contributed by atoms with Crippen LogP contribution in [-0.4, -0.2) is 28.7 Å². The Morgan fingerprint density at radius 2 is 0.934 bits per heavy atom. The van der Waals surface area contributed by atoms with Crippen LogP contribution in [0.3, 0.4) is 0 Å². The molecule has 1 aliphatic carbocycles. The molecule has 434 valence electrons. The van der Waals surface area contributed by atoms with Crippen LogP contribution in [0.15, 0.2) is 298 Å². The predicted molar refractivity (Wildman–Crippen MR) is 404 cm³/mol. The number of hydrogen-bond acceptors (Lipinski definition) is 4. The summed E-state index contributed by atoms with van der Waals surface area (Å²) in [5.74, 6) is 0. The van der Waals surface area contributed by atoms with Gasteiger partial charge in [-0.15, -0.1) is 0 Å². The number of thiol groups is 1. The van der Waals surface area contributed by atoms with Crippen molar-refractivity contribution < 1.29 is 0 Å². The highest BCUT2D eigenvalue weighted by Crippen LogP contribution is 2.47. The molecular weight excluding hydrogens is 1140 g/mol. The Hall–Kier alpha value is -10.3. The average Bonchev–Trinajstić information content (AvgIpc) is 0.803. The molecule has 3 aromatic heterocycles. The van der Waals surface area contributed by atoms with Crippen molar-refractivity contribution in [3.05, 3.63) is 314 Å². The number of benzene rings is 12. The van der Waals surface area contributed by atoms with Crippen molar-refractivity contribution >= 4 is 132 Å². The third kappa shape index (κ3) is 11.6. The minimum Gasteiger partial charge on any atom is -0.255 e. The van der Waals surface area contributed by atoms with Crippen LogP contribution in [0.2, 0.25) is 0 Å². The number of hydrogen-bond donors (Lipinski definition) is 1. The zero-order valence-corrected chi connectivity index (χ0v) is 53.1. The topological polar surface area (TPSA) is 38.7 Å². The molecule has 0 amide bonds. The lowest BCUT2D eigenvalue weighted by Crippen LogP contribution is -1.93. The van der Waals surface area contributed by atoms with Gasteiger partial charge in [-0.2, -0.15) is 0 Å². The molecule has 3 heterocycles. The van der Waals surface area contributed by atoms with E-state index in [-0.39, 0.29) is 0 Å². The number of aromatic nitrogens is 3. The summed E-state index contributed by atoms with van der Waals surface area (Å²) < 4.78 is 0. The molecule has 91 heavy (non-hydrogen) atoms. The Morgan fingerprint density at radius 1 is 0.407 bits per heavy atom. The Labute approximate surface area is 541 Å². The fourth-order valence-electron chi connectivity index (χ4n) is 13.0. The van der Waals surface area contributed by atoms with Gasteiger partial charge in [0.25, 0.3) is 0 Å². The van der Waals surface area contributed by atoms with Gasteiger partial charge in [0.15, 0.2) is 7.12 Å². The van der Waals surface area contributed by atoms with Gasteiger partial charge >= 0.3 is 0 Å². The van der Waals surface area contributed by atoms with Crippen LogP contribution >= 0.6 is 21.1 Å². The largest absolute Gasteiger partial charge is 0.255 e. The summed E-state index contributed by atoms with van der Waals surface area (Å²) in [5, 5.41) is 17.1. The van der Waals surface area contributed by atoms with E-state index in [1.807, 2.05) is 50.3 Å². The Morgan fingerprint density at radius 3 is 1.63 bits per heavy atom. The molecule has 0 N–H and O–H groups in total. The first-order valence-electron chi connectivity index (χ1n) is 30.9. The molecule has 0 aliphatic heterocycles. The first-order chi connectivity index (χ1) is 45.0. The van der Waals surface area contributed by atoms with Gasteiger partial charge in [0, 0.05) is 38.7 Å². The fraction of sp³-hybridized carbons (Fsp3) is 0.0471. The molecule has 0 fully saturated rings. The summed E-state index contributed by atoms with van der Waals surface area (Å²) in [6, 6.07) is 89.5. The van der Waals surface area contributed by atoms with E-state index in [2.05, 4.69) is 293 Å². The molecule has 16 rings (SSSR count). The third-order valence-corrected chi connectivity index (χ3v) is 18.3. The monoisotopic (exact) mass is 1200 g/mol. The van der Waals surface area contributed by atoms with Crippen molar-refractivity contribution in [3.8, 4) is 55.9 Å². The van der Waals surface area contributed by atoms with Crippen LogP contribution in [-0.2, 0) is 0 Å². The molecule has 12 aromatic carbocycles. The molecule has 15 aromatic rings. The zero-order valence-electron chi connectivity index (χ0n) is 51.2. The quantitative estimate of drug-likeness (QED) is 0.0515. The van der Waals surface area contributed by atoms with Gasteiger partial charge in [0.05, 0.1) is 27.9 Å². The normalized spacial score (nSPS) is 12.1. The van der Waals surface area contributed by atoms with E-state index < -0.39 is 0 Å². The maximum Gasteiger partial charge on any atom is 0.156 e. The van der Waals surface area contributed by atoms with Crippen LogP contribution in [0, 0.1) is 0 Å². The first-order valence-corrected chi connectivity index (χ1v) is 32.9. The lowest BCUT2D eigenvalue weighted by molar-refractivity contribution is 1.28. The Kier molecular flexibility index (Phi) is 17.6. The summed E-state index contributed by atoms with van der Waals surface area (Å²) in [7, 11) is 4.99. The zero-order chi connectivity index (χ0) is 62.4.